The van der Waals surface area contributed by atoms with Crippen LogP contribution in [0.25, 0.3) is 0 Å². The summed E-state index contributed by atoms with van der Waals surface area (Å²) in [5.41, 5.74) is 13.0. The van der Waals surface area contributed by atoms with Crippen LogP contribution in [0.1, 0.15) is 38.3 Å². The van der Waals surface area contributed by atoms with E-state index in [2.05, 4.69) is 12.0 Å². The second-order valence-electron chi connectivity index (χ2n) is 3.67. The Morgan fingerprint density at radius 3 is 2.43 bits per heavy atom. The molecule has 0 atom stereocenters. The molecule has 80 valence electrons. The van der Waals surface area contributed by atoms with Gasteiger partial charge in [-0.3, -0.25) is 0 Å². The molecule has 1 aromatic heterocycles. The maximum atomic E-state index is 5.79. The molecule has 0 saturated heterocycles. The molecule has 0 unspecified atom stereocenters. The van der Waals surface area contributed by atoms with Crippen molar-refractivity contribution in [2.75, 3.05) is 11.5 Å². The summed E-state index contributed by atoms with van der Waals surface area (Å²) in [6.07, 6.45) is 4.87. The Hall–Kier alpha value is -1.19. The van der Waals surface area contributed by atoms with E-state index in [1.165, 1.54) is 19.3 Å². The average Bonchev–Trinajstić information content (AvgIpc) is 2.41. The smallest absolute Gasteiger partial charge is 0.145 e. The number of aromatic nitrogens is 2. The maximum Gasteiger partial charge on any atom is 0.145 e. The number of rotatable bonds is 5. The standard InChI is InChI=1S/C10H20N4/c1-3-4-5-6-7-14-10(12)9(11)8(2)13-14/h3-7,11-12H2,1-2H3. The van der Waals surface area contributed by atoms with E-state index in [1.807, 2.05) is 6.92 Å². The monoisotopic (exact) mass is 196 g/mol. The van der Waals surface area contributed by atoms with E-state index in [0.29, 0.717) is 11.5 Å². The van der Waals surface area contributed by atoms with Gasteiger partial charge in [0.15, 0.2) is 0 Å². The first-order chi connectivity index (χ1) is 6.66. The van der Waals surface area contributed by atoms with Crippen molar-refractivity contribution in [2.45, 2.75) is 46.1 Å². The highest BCUT2D eigenvalue weighted by Gasteiger charge is 2.07. The van der Waals surface area contributed by atoms with Crippen LogP contribution in [-0.2, 0) is 6.54 Å². The minimum Gasteiger partial charge on any atom is -0.394 e. The Balaban J connectivity index is 2.47. The van der Waals surface area contributed by atoms with E-state index in [1.54, 1.807) is 4.68 Å². The first kappa shape index (κ1) is 10.9. The molecule has 0 amide bonds. The molecule has 0 aliphatic carbocycles. The molecule has 1 rings (SSSR count). The molecule has 1 aromatic rings. The van der Waals surface area contributed by atoms with Crippen molar-refractivity contribution in [1.82, 2.24) is 9.78 Å². The predicted molar refractivity (Wildman–Crippen MR) is 59.9 cm³/mol. The van der Waals surface area contributed by atoms with E-state index < -0.39 is 0 Å². The van der Waals surface area contributed by atoms with Gasteiger partial charge < -0.3 is 11.5 Å². The van der Waals surface area contributed by atoms with Crippen molar-refractivity contribution >= 4 is 11.5 Å². The lowest BCUT2D eigenvalue weighted by atomic mass is 10.2. The number of nitrogens with zero attached hydrogens (tertiary/aromatic N) is 2. The topological polar surface area (TPSA) is 69.9 Å². The quantitative estimate of drug-likeness (QED) is 0.707. The van der Waals surface area contributed by atoms with Crippen molar-refractivity contribution in [2.24, 2.45) is 0 Å². The van der Waals surface area contributed by atoms with Crippen molar-refractivity contribution in [3.05, 3.63) is 5.69 Å². The number of aryl methyl sites for hydroxylation is 2. The second kappa shape index (κ2) is 4.88. The summed E-state index contributed by atoms with van der Waals surface area (Å²) in [6.45, 7) is 4.96. The zero-order chi connectivity index (χ0) is 10.6. The van der Waals surface area contributed by atoms with Gasteiger partial charge in [-0.05, 0) is 13.3 Å². The van der Waals surface area contributed by atoms with Gasteiger partial charge in [0.2, 0.25) is 0 Å². The van der Waals surface area contributed by atoms with Crippen LogP contribution in [0.3, 0.4) is 0 Å². The third-order valence-electron chi connectivity index (χ3n) is 2.44. The minimum atomic E-state index is 0.610. The fraction of sp³-hybridized carbons (Fsp3) is 0.700. The van der Waals surface area contributed by atoms with Gasteiger partial charge in [-0.15, -0.1) is 0 Å². The van der Waals surface area contributed by atoms with Crippen LogP contribution >= 0.6 is 0 Å². The Morgan fingerprint density at radius 2 is 1.93 bits per heavy atom. The van der Waals surface area contributed by atoms with Gasteiger partial charge in [0.25, 0.3) is 0 Å². The second-order valence-corrected chi connectivity index (χ2v) is 3.67. The molecule has 14 heavy (non-hydrogen) atoms. The van der Waals surface area contributed by atoms with Crippen molar-refractivity contribution in [3.63, 3.8) is 0 Å². The molecule has 0 saturated carbocycles. The van der Waals surface area contributed by atoms with Crippen LogP contribution in [0.4, 0.5) is 11.5 Å². The highest BCUT2D eigenvalue weighted by atomic mass is 15.3. The predicted octanol–water partition coefficient (Wildman–Crippen LogP) is 1.94. The van der Waals surface area contributed by atoms with Gasteiger partial charge in [-0.25, -0.2) is 4.68 Å². The lowest BCUT2D eigenvalue weighted by Crippen LogP contribution is -2.05. The molecule has 0 aliphatic heterocycles. The summed E-state index contributed by atoms with van der Waals surface area (Å²) in [7, 11) is 0. The summed E-state index contributed by atoms with van der Waals surface area (Å²) >= 11 is 0. The number of hydrogen-bond donors (Lipinski definition) is 2. The van der Waals surface area contributed by atoms with E-state index >= 15 is 0 Å². The van der Waals surface area contributed by atoms with E-state index in [0.717, 1.165) is 18.7 Å². The maximum absolute atomic E-state index is 5.79. The zero-order valence-corrected chi connectivity index (χ0v) is 9.08. The summed E-state index contributed by atoms with van der Waals surface area (Å²) in [6, 6.07) is 0. The molecule has 0 bridgehead atoms. The van der Waals surface area contributed by atoms with Gasteiger partial charge in [-0.2, -0.15) is 5.10 Å². The molecular weight excluding hydrogens is 176 g/mol. The first-order valence-corrected chi connectivity index (χ1v) is 5.25. The lowest BCUT2D eigenvalue weighted by molar-refractivity contribution is 0.544. The third kappa shape index (κ3) is 2.40. The molecule has 0 aromatic carbocycles. The fourth-order valence-corrected chi connectivity index (χ4v) is 1.47. The fourth-order valence-electron chi connectivity index (χ4n) is 1.47. The highest BCUT2D eigenvalue weighted by Crippen LogP contribution is 2.18. The van der Waals surface area contributed by atoms with Crippen LogP contribution in [0.5, 0.6) is 0 Å². The van der Waals surface area contributed by atoms with Crippen LogP contribution in [0.15, 0.2) is 0 Å². The number of anilines is 2. The molecule has 4 heteroatoms. The van der Waals surface area contributed by atoms with E-state index in [-0.39, 0.29) is 0 Å². The number of hydrogen-bond acceptors (Lipinski definition) is 3. The molecule has 4 N–H and O–H groups in total. The molecular formula is C10H20N4. The highest BCUT2D eigenvalue weighted by molar-refractivity contribution is 5.61. The van der Waals surface area contributed by atoms with Gasteiger partial charge in [-0.1, -0.05) is 26.2 Å². The molecule has 0 radical (unpaired) electrons. The zero-order valence-electron chi connectivity index (χ0n) is 9.08. The summed E-state index contributed by atoms with van der Waals surface area (Å²) in [4.78, 5) is 0. The minimum absolute atomic E-state index is 0.610. The number of nitrogen functional groups attached to an aromatic ring is 2. The third-order valence-corrected chi connectivity index (χ3v) is 2.44. The SMILES string of the molecule is CCCCCCn1nc(C)c(N)c1N. The Morgan fingerprint density at radius 1 is 1.21 bits per heavy atom. The lowest BCUT2D eigenvalue weighted by Gasteiger charge is -2.03. The van der Waals surface area contributed by atoms with Crippen LogP contribution in [-0.4, -0.2) is 9.78 Å². The summed E-state index contributed by atoms with van der Waals surface area (Å²) in [5, 5.41) is 4.27. The summed E-state index contributed by atoms with van der Waals surface area (Å²) < 4.78 is 1.81. The van der Waals surface area contributed by atoms with Gasteiger partial charge in [0.05, 0.1) is 11.4 Å². The van der Waals surface area contributed by atoms with Gasteiger partial charge >= 0.3 is 0 Å². The molecule has 4 nitrogen and oxygen atoms in total. The van der Waals surface area contributed by atoms with Crippen LogP contribution in [0, 0.1) is 6.92 Å². The van der Waals surface area contributed by atoms with Crippen molar-refractivity contribution in [3.8, 4) is 0 Å². The Kier molecular flexibility index (Phi) is 3.80. The molecule has 0 aliphatic rings. The molecule has 0 fully saturated rings. The van der Waals surface area contributed by atoms with Crippen LogP contribution < -0.4 is 11.5 Å². The number of nitrogens with two attached hydrogens (primary N) is 2. The van der Waals surface area contributed by atoms with E-state index in [9.17, 15) is 0 Å². The molecule has 1 heterocycles. The van der Waals surface area contributed by atoms with E-state index in [4.69, 9.17) is 11.5 Å². The van der Waals surface area contributed by atoms with Crippen molar-refractivity contribution < 1.29 is 0 Å². The van der Waals surface area contributed by atoms with Crippen LogP contribution in [0.2, 0.25) is 0 Å². The van der Waals surface area contributed by atoms with Gasteiger partial charge in [0, 0.05) is 6.54 Å². The Bertz CT molecular complexity index is 291. The average molecular weight is 196 g/mol. The van der Waals surface area contributed by atoms with Gasteiger partial charge in [0.1, 0.15) is 5.82 Å². The normalized spacial score (nSPS) is 10.7. The number of unbranched alkanes of at least 4 members (excludes halogenated alkanes) is 3. The first-order valence-electron chi connectivity index (χ1n) is 5.25. The molecule has 0 spiro atoms. The Labute approximate surface area is 85.3 Å². The summed E-state index contributed by atoms with van der Waals surface area (Å²) in [5.74, 6) is 0.610. The van der Waals surface area contributed by atoms with Crippen molar-refractivity contribution in [1.29, 1.82) is 0 Å². The largest absolute Gasteiger partial charge is 0.394 e.